The standard InChI is InChI=1S/C8B4FIS/c9-4-3(1-2-15-14)5(10)7(12)8(13)6(4)11. The van der Waals surface area contributed by atoms with Gasteiger partial charge in [-0.3, -0.25) is 0 Å². The van der Waals surface area contributed by atoms with E-state index in [0.29, 0.717) is 0 Å². The molecule has 0 aliphatic heterocycles. The van der Waals surface area contributed by atoms with Crippen LogP contribution in [0.2, 0.25) is 0 Å². The lowest BCUT2D eigenvalue weighted by atomic mass is 9.67. The summed E-state index contributed by atoms with van der Waals surface area (Å²) in [6.07, 6.45) is 0. The number of hydrogen-bond donors (Lipinski definition) is 0. The number of rotatable bonds is 0. The molecule has 15 heavy (non-hydrogen) atoms. The highest BCUT2D eigenvalue weighted by molar-refractivity contribution is 14.2. The molecule has 0 aliphatic rings. The van der Waals surface area contributed by atoms with Crippen molar-refractivity contribution in [2.24, 2.45) is 0 Å². The largest absolute Gasteiger partial charge is 0.208 e. The summed E-state index contributed by atoms with van der Waals surface area (Å²) in [5.74, 6) is 1.87. The topological polar surface area (TPSA) is 0 Å². The second-order valence-electron chi connectivity index (χ2n) is 2.65. The van der Waals surface area contributed by atoms with Gasteiger partial charge in [-0.05, 0) is 14.2 Å². The maximum atomic E-state index is 13.3. The predicted molar refractivity (Wildman–Crippen MR) is 76.4 cm³/mol. The van der Waals surface area contributed by atoms with E-state index >= 15 is 0 Å². The first kappa shape index (κ1) is 13.1. The summed E-state index contributed by atoms with van der Waals surface area (Å²) in [4.78, 5) is 0. The van der Waals surface area contributed by atoms with Crippen molar-refractivity contribution >= 4 is 83.4 Å². The fourth-order valence-electron chi connectivity index (χ4n) is 1.00. The van der Waals surface area contributed by atoms with Crippen LogP contribution in [-0.4, -0.2) is 31.4 Å². The van der Waals surface area contributed by atoms with E-state index in [9.17, 15) is 4.39 Å². The predicted octanol–water partition coefficient (Wildman–Crippen LogP) is -1.61. The van der Waals surface area contributed by atoms with Crippen molar-refractivity contribution in [1.82, 2.24) is 0 Å². The van der Waals surface area contributed by atoms with E-state index in [2.05, 4.69) is 11.2 Å². The molecular weight excluding hydrogens is 317 g/mol. The Labute approximate surface area is 110 Å². The molecule has 0 fully saturated rings. The molecule has 0 nitrogen and oxygen atoms in total. The molecule has 0 N–H and O–H groups in total. The Kier molecular flexibility index (Phi) is 4.72. The third kappa shape index (κ3) is 2.59. The van der Waals surface area contributed by atoms with Crippen LogP contribution in [0.3, 0.4) is 0 Å². The average molecular weight is 317 g/mol. The van der Waals surface area contributed by atoms with E-state index < -0.39 is 5.82 Å². The van der Waals surface area contributed by atoms with Gasteiger partial charge in [-0.25, -0.2) is 4.39 Å². The second kappa shape index (κ2) is 5.40. The van der Waals surface area contributed by atoms with Crippen molar-refractivity contribution in [1.29, 1.82) is 0 Å². The van der Waals surface area contributed by atoms with Gasteiger partial charge >= 0.3 is 0 Å². The maximum absolute atomic E-state index is 13.3. The molecule has 1 aromatic rings. The van der Waals surface area contributed by atoms with Crippen molar-refractivity contribution in [3.8, 4) is 11.2 Å². The smallest absolute Gasteiger partial charge is 0.117 e. The van der Waals surface area contributed by atoms with Gasteiger partial charge in [-0.2, -0.15) is 0 Å². The highest BCUT2D eigenvalue weighted by Crippen LogP contribution is 2.07. The summed E-state index contributed by atoms with van der Waals surface area (Å²) >= 11 is 1.99. The van der Waals surface area contributed by atoms with Crippen LogP contribution >= 0.6 is 30.1 Å². The molecule has 0 atom stereocenters. The zero-order valence-electron chi connectivity index (χ0n) is 7.47. The Morgan fingerprint density at radius 2 is 1.47 bits per heavy atom. The molecule has 0 aromatic heterocycles. The van der Waals surface area contributed by atoms with Gasteiger partial charge in [0.15, 0.2) is 0 Å². The molecule has 1 aromatic carbocycles. The van der Waals surface area contributed by atoms with Crippen LogP contribution in [0.15, 0.2) is 0 Å². The summed E-state index contributed by atoms with van der Waals surface area (Å²) in [6.45, 7) is 0. The Bertz CT molecular complexity index is 437. The highest BCUT2D eigenvalue weighted by atomic mass is 127. The van der Waals surface area contributed by atoms with E-state index in [0.717, 1.165) is 0 Å². The van der Waals surface area contributed by atoms with E-state index in [1.807, 2.05) is 21.2 Å². The Morgan fingerprint density at radius 3 is 1.87 bits per heavy atom. The summed E-state index contributed by atoms with van der Waals surface area (Å²) in [6, 6.07) is 0. The van der Waals surface area contributed by atoms with Crippen LogP contribution in [0.1, 0.15) is 5.56 Å². The molecule has 0 spiro atoms. The normalized spacial score (nSPS) is 9.47. The zero-order chi connectivity index (χ0) is 11.6. The summed E-state index contributed by atoms with van der Waals surface area (Å²) in [5, 5.41) is 2.68. The number of hydrogen-bond acceptors (Lipinski definition) is 1. The van der Waals surface area contributed by atoms with Crippen molar-refractivity contribution in [2.45, 2.75) is 0 Å². The molecule has 0 amide bonds. The third-order valence-corrected chi connectivity index (χ3v) is 2.65. The molecule has 0 saturated carbocycles. The van der Waals surface area contributed by atoms with Crippen LogP contribution in [0.4, 0.5) is 4.39 Å². The Balaban J connectivity index is 3.52. The quantitative estimate of drug-likeness (QED) is 0.315. The first-order valence-corrected chi connectivity index (χ1v) is 7.06. The third-order valence-electron chi connectivity index (χ3n) is 1.81. The van der Waals surface area contributed by atoms with Crippen LogP contribution in [0, 0.1) is 17.0 Å². The molecule has 64 valence electrons. The van der Waals surface area contributed by atoms with Gasteiger partial charge in [-0.1, -0.05) is 27.8 Å². The van der Waals surface area contributed by atoms with Crippen molar-refractivity contribution in [3.63, 3.8) is 0 Å². The summed E-state index contributed by atoms with van der Waals surface area (Å²) in [7, 11) is 23.2. The zero-order valence-corrected chi connectivity index (χ0v) is 10.4. The SMILES string of the molecule is [B]c1c([B])c(C#CSI)c([B])c([B])c1F. The van der Waals surface area contributed by atoms with Gasteiger partial charge in [0, 0.05) is 26.8 Å². The van der Waals surface area contributed by atoms with Crippen LogP contribution in [-0.2, 0) is 0 Å². The van der Waals surface area contributed by atoms with E-state index in [4.69, 9.17) is 31.4 Å². The van der Waals surface area contributed by atoms with E-state index in [1.54, 1.807) is 0 Å². The van der Waals surface area contributed by atoms with Crippen LogP contribution in [0.25, 0.3) is 0 Å². The highest BCUT2D eigenvalue weighted by Gasteiger charge is 2.11. The minimum atomic E-state index is -0.794. The molecule has 8 radical (unpaired) electrons. The summed E-state index contributed by atoms with van der Waals surface area (Å²) in [5.41, 5.74) is -0.112. The monoisotopic (exact) mass is 318 g/mol. The van der Waals surface area contributed by atoms with Crippen molar-refractivity contribution in [2.75, 3.05) is 0 Å². The molecule has 0 heterocycles. The number of benzene rings is 1. The number of halogens is 2. The lowest BCUT2D eigenvalue weighted by Gasteiger charge is -2.14. The average Bonchev–Trinajstić information content (AvgIpc) is 2.24. The van der Waals surface area contributed by atoms with Gasteiger partial charge < -0.3 is 0 Å². The Morgan fingerprint density at radius 1 is 1.00 bits per heavy atom. The lowest BCUT2D eigenvalue weighted by Crippen LogP contribution is -2.46. The molecule has 0 bridgehead atoms. The lowest BCUT2D eigenvalue weighted by molar-refractivity contribution is 0.645. The summed E-state index contributed by atoms with van der Waals surface area (Å²) < 4.78 is 13.3. The van der Waals surface area contributed by atoms with Crippen LogP contribution < -0.4 is 21.9 Å². The van der Waals surface area contributed by atoms with Crippen molar-refractivity contribution in [3.05, 3.63) is 11.4 Å². The fourth-order valence-corrected chi connectivity index (χ4v) is 1.47. The molecule has 0 aliphatic carbocycles. The Hall–Kier alpha value is 0.0497. The fraction of sp³-hybridized carbons (Fsp3) is 0. The van der Waals surface area contributed by atoms with Gasteiger partial charge in [0.1, 0.15) is 37.2 Å². The van der Waals surface area contributed by atoms with Gasteiger partial charge in [0.2, 0.25) is 0 Å². The molecular formula is C8B4FIS. The second-order valence-corrected chi connectivity index (χ2v) is 4.33. The first-order chi connectivity index (χ1) is 7.00. The first-order valence-electron chi connectivity index (χ1n) is 3.70. The van der Waals surface area contributed by atoms with E-state index in [-0.39, 0.29) is 27.4 Å². The van der Waals surface area contributed by atoms with Gasteiger partial charge in [-0.15, -0.1) is 0 Å². The maximum Gasteiger partial charge on any atom is 0.117 e. The van der Waals surface area contributed by atoms with Gasteiger partial charge in [0.05, 0.1) is 0 Å². The van der Waals surface area contributed by atoms with E-state index in [1.165, 1.54) is 8.93 Å². The molecule has 0 saturated heterocycles. The van der Waals surface area contributed by atoms with Gasteiger partial charge in [0.25, 0.3) is 0 Å². The van der Waals surface area contributed by atoms with Crippen molar-refractivity contribution < 1.29 is 4.39 Å². The van der Waals surface area contributed by atoms with Crippen LogP contribution in [0.5, 0.6) is 0 Å². The minimum absolute atomic E-state index is 0.0251. The molecule has 0 unspecified atom stereocenters. The minimum Gasteiger partial charge on any atom is -0.208 e. The molecule has 1 rings (SSSR count). The molecule has 7 heteroatoms.